The molecule has 0 unspecified atom stereocenters. The fourth-order valence-corrected chi connectivity index (χ4v) is 2.02. The Morgan fingerprint density at radius 2 is 1.88 bits per heavy atom. The summed E-state index contributed by atoms with van der Waals surface area (Å²) >= 11 is 0. The molecule has 0 saturated carbocycles. The van der Waals surface area contributed by atoms with Crippen molar-refractivity contribution < 1.29 is 18.3 Å². The molecule has 1 aromatic rings. The van der Waals surface area contributed by atoms with Gasteiger partial charge in [0.1, 0.15) is 0 Å². The molecule has 94 valence electrons. The van der Waals surface area contributed by atoms with Gasteiger partial charge in [-0.15, -0.1) is 0 Å². The highest BCUT2D eigenvalue weighted by Gasteiger charge is 2.16. The Bertz CT molecular complexity index is 379. The number of hydrogen-bond donors (Lipinski definition) is 0. The van der Waals surface area contributed by atoms with Crippen LogP contribution in [0.15, 0.2) is 18.2 Å². The van der Waals surface area contributed by atoms with Gasteiger partial charge in [-0.3, -0.25) is 0 Å². The first kappa shape index (κ1) is 12.0. The Morgan fingerprint density at radius 1 is 1.18 bits per heavy atom. The summed E-state index contributed by atoms with van der Waals surface area (Å²) in [5.41, 5.74) is 0.987. The molecule has 0 amide bonds. The van der Waals surface area contributed by atoms with Crippen LogP contribution in [0.3, 0.4) is 0 Å². The SMILES string of the molecule is COc1cc(N2CCCC2)ccc1OC(F)F. The van der Waals surface area contributed by atoms with Crippen LogP contribution in [0.1, 0.15) is 12.8 Å². The summed E-state index contributed by atoms with van der Waals surface area (Å²) in [4.78, 5) is 2.20. The van der Waals surface area contributed by atoms with E-state index in [-0.39, 0.29) is 5.75 Å². The van der Waals surface area contributed by atoms with E-state index in [0.29, 0.717) is 5.75 Å². The topological polar surface area (TPSA) is 21.7 Å². The van der Waals surface area contributed by atoms with Gasteiger partial charge in [0.25, 0.3) is 0 Å². The molecule has 17 heavy (non-hydrogen) atoms. The summed E-state index contributed by atoms with van der Waals surface area (Å²) < 4.78 is 33.7. The second-order valence-corrected chi connectivity index (χ2v) is 3.91. The molecule has 0 aliphatic carbocycles. The zero-order chi connectivity index (χ0) is 12.3. The molecular weight excluding hydrogens is 228 g/mol. The first-order valence-corrected chi connectivity index (χ1v) is 5.58. The van der Waals surface area contributed by atoms with Crippen LogP contribution in [0.4, 0.5) is 14.5 Å². The van der Waals surface area contributed by atoms with Crippen LogP contribution in [0.25, 0.3) is 0 Å². The minimum atomic E-state index is -2.83. The van der Waals surface area contributed by atoms with E-state index in [1.54, 1.807) is 12.1 Å². The van der Waals surface area contributed by atoms with Gasteiger partial charge in [-0.2, -0.15) is 8.78 Å². The first-order valence-electron chi connectivity index (χ1n) is 5.58. The molecule has 1 aromatic carbocycles. The quantitative estimate of drug-likeness (QED) is 0.811. The van der Waals surface area contributed by atoms with Crippen LogP contribution in [-0.4, -0.2) is 26.8 Å². The summed E-state index contributed by atoms with van der Waals surface area (Å²) in [6.07, 6.45) is 2.33. The molecule has 1 saturated heterocycles. The second kappa shape index (κ2) is 5.21. The van der Waals surface area contributed by atoms with Crippen LogP contribution in [0.5, 0.6) is 11.5 Å². The fraction of sp³-hybridized carbons (Fsp3) is 0.500. The van der Waals surface area contributed by atoms with E-state index in [9.17, 15) is 8.78 Å². The normalized spacial score (nSPS) is 15.4. The van der Waals surface area contributed by atoms with Crippen LogP contribution in [-0.2, 0) is 0 Å². The summed E-state index contributed by atoms with van der Waals surface area (Å²) in [6, 6.07) is 5.05. The zero-order valence-electron chi connectivity index (χ0n) is 9.66. The van der Waals surface area contributed by atoms with Crippen LogP contribution in [0, 0.1) is 0 Å². The number of rotatable bonds is 4. The van der Waals surface area contributed by atoms with Crippen molar-refractivity contribution in [2.75, 3.05) is 25.1 Å². The number of benzene rings is 1. The van der Waals surface area contributed by atoms with Gasteiger partial charge < -0.3 is 14.4 Å². The lowest BCUT2D eigenvalue weighted by atomic mass is 10.2. The van der Waals surface area contributed by atoms with Gasteiger partial charge in [-0.1, -0.05) is 0 Å². The van der Waals surface area contributed by atoms with Gasteiger partial charge in [0.15, 0.2) is 11.5 Å². The zero-order valence-corrected chi connectivity index (χ0v) is 9.66. The summed E-state index contributed by atoms with van der Waals surface area (Å²) in [5, 5.41) is 0. The van der Waals surface area contributed by atoms with Gasteiger partial charge >= 0.3 is 6.61 Å². The van der Waals surface area contributed by atoms with Gasteiger partial charge in [-0.05, 0) is 25.0 Å². The molecule has 0 atom stereocenters. The predicted molar refractivity (Wildman–Crippen MR) is 61.1 cm³/mol. The fourth-order valence-electron chi connectivity index (χ4n) is 2.02. The molecular formula is C12H15F2NO2. The lowest BCUT2D eigenvalue weighted by molar-refractivity contribution is -0.0512. The summed E-state index contributed by atoms with van der Waals surface area (Å²) in [6.45, 7) is -0.835. The molecule has 1 fully saturated rings. The van der Waals surface area contributed by atoms with Crippen molar-refractivity contribution in [1.29, 1.82) is 0 Å². The largest absolute Gasteiger partial charge is 0.493 e. The number of alkyl halides is 2. The number of halogens is 2. The average molecular weight is 243 g/mol. The maximum Gasteiger partial charge on any atom is 0.387 e. The Labute approximate surface area is 98.9 Å². The first-order chi connectivity index (χ1) is 8.20. The molecule has 3 nitrogen and oxygen atoms in total. The van der Waals surface area contributed by atoms with Crippen molar-refractivity contribution >= 4 is 5.69 Å². The molecule has 1 aliphatic rings. The minimum Gasteiger partial charge on any atom is -0.493 e. The van der Waals surface area contributed by atoms with E-state index < -0.39 is 6.61 Å². The van der Waals surface area contributed by atoms with E-state index in [1.165, 1.54) is 13.2 Å². The third-order valence-electron chi connectivity index (χ3n) is 2.83. The lowest BCUT2D eigenvalue weighted by Crippen LogP contribution is -2.17. The maximum atomic E-state index is 12.2. The lowest BCUT2D eigenvalue weighted by Gasteiger charge is -2.19. The summed E-state index contributed by atoms with van der Waals surface area (Å²) in [7, 11) is 1.45. The van der Waals surface area contributed by atoms with Gasteiger partial charge in [-0.25, -0.2) is 0 Å². The third kappa shape index (κ3) is 2.78. The van der Waals surface area contributed by atoms with E-state index >= 15 is 0 Å². The van der Waals surface area contributed by atoms with Crippen LogP contribution in [0.2, 0.25) is 0 Å². The van der Waals surface area contributed by atoms with Crippen LogP contribution < -0.4 is 14.4 Å². The van der Waals surface area contributed by atoms with Crippen molar-refractivity contribution in [2.45, 2.75) is 19.5 Å². The molecule has 0 spiro atoms. The molecule has 0 radical (unpaired) electrons. The van der Waals surface area contributed by atoms with Crippen molar-refractivity contribution in [1.82, 2.24) is 0 Å². The number of ether oxygens (including phenoxy) is 2. The van der Waals surface area contributed by atoms with E-state index in [4.69, 9.17) is 4.74 Å². The van der Waals surface area contributed by atoms with Gasteiger partial charge in [0.05, 0.1) is 7.11 Å². The molecule has 1 aliphatic heterocycles. The maximum absolute atomic E-state index is 12.2. The van der Waals surface area contributed by atoms with Gasteiger partial charge in [0, 0.05) is 24.8 Å². The van der Waals surface area contributed by atoms with E-state index in [2.05, 4.69) is 9.64 Å². The molecule has 0 bridgehead atoms. The Morgan fingerprint density at radius 3 is 2.47 bits per heavy atom. The molecule has 0 N–H and O–H groups in total. The predicted octanol–water partition coefficient (Wildman–Crippen LogP) is 2.90. The van der Waals surface area contributed by atoms with E-state index in [0.717, 1.165) is 31.6 Å². The Balaban J connectivity index is 2.20. The Hall–Kier alpha value is -1.52. The van der Waals surface area contributed by atoms with Gasteiger partial charge in [0.2, 0.25) is 0 Å². The number of hydrogen-bond acceptors (Lipinski definition) is 3. The number of anilines is 1. The smallest absolute Gasteiger partial charge is 0.387 e. The standard InChI is InChI=1S/C12H15F2NO2/c1-16-11-8-9(15-6-2-3-7-15)4-5-10(11)17-12(13)14/h4-5,8,12H,2-3,6-7H2,1H3. The molecule has 5 heteroatoms. The monoisotopic (exact) mass is 243 g/mol. The number of nitrogens with zero attached hydrogens (tertiary/aromatic N) is 1. The Kier molecular flexibility index (Phi) is 3.66. The highest BCUT2D eigenvalue weighted by molar-refractivity contribution is 5.56. The molecule has 1 heterocycles. The summed E-state index contributed by atoms with van der Waals surface area (Å²) in [5.74, 6) is 0.417. The molecule has 0 aromatic heterocycles. The van der Waals surface area contributed by atoms with Crippen molar-refractivity contribution in [3.05, 3.63) is 18.2 Å². The second-order valence-electron chi connectivity index (χ2n) is 3.91. The van der Waals surface area contributed by atoms with Crippen molar-refractivity contribution in [2.24, 2.45) is 0 Å². The van der Waals surface area contributed by atoms with Crippen LogP contribution >= 0.6 is 0 Å². The third-order valence-corrected chi connectivity index (χ3v) is 2.83. The average Bonchev–Trinajstić information content (AvgIpc) is 2.82. The highest BCUT2D eigenvalue weighted by Crippen LogP contribution is 2.33. The van der Waals surface area contributed by atoms with Crippen molar-refractivity contribution in [3.8, 4) is 11.5 Å². The minimum absolute atomic E-state index is 0.0745. The molecule has 2 rings (SSSR count). The highest BCUT2D eigenvalue weighted by atomic mass is 19.3. The number of methoxy groups -OCH3 is 1. The van der Waals surface area contributed by atoms with E-state index in [1.807, 2.05) is 0 Å². The van der Waals surface area contributed by atoms with Crippen molar-refractivity contribution in [3.63, 3.8) is 0 Å².